The topological polar surface area (TPSA) is 72.5 Å². The molecular weight excluding hydrogens is 294 g/mol. The van der Waals surface area contributed by atoms with Crippen molar-refractivity contribution in [2.45, 2.75) is 19.5 Å². The van der Waals surface area contributed by atoms with E-state index in [4.69, 9.17) is 9.47 Å². The lowest BCUT2D eigenvalue weighted by molar-refractivity contribution is 0.237. The van der Waals surface area contributed by atoms with Gasteiger partial charge in [-0.1, -0.05) is 12.1 Å². The second-order valence-corrected chi connectivity index (χ2v) is 4.99. The molecule has 0 bridgehead atoms. The maximum Gasteiger partial charge on any atom is 0.315 e. The fourth-order valence-electron chi connectivity index (χ4n) is 2.13. The minimum absolute atomic E-state index is 0.165. The molecule has 1 aromatic heterocycles. The SMILES string of the molecule is COc1ccc(CNC(=O)N[C@@H](C)c2ccccn2)cc1OC. The lowest BCUT2D eigenvalue weighted by Crippen LogP contribution is -2.36. The van der Waals surface area contributed by atoms with E-state index in [0.29, 0.717) is 18.0 Å². The summed E-state index contributed by atoms with van der Waals surface area (Å²) >= 11 is 0. The molecule has 0 aliphatic rings. The standard InChI is InChI=1S/C17H21N3O3/c1-12(14-6-4-5-9-18-14)20-17(21)19-11-13-7-8-15(22-2)16(10-13)23-3/h4-10,12H,11H2,1-3H3,(H2,19,20,21)/t12-/m0/s1. The molecule has 122 valence electrons. The minimum Gasteiger partial charge on any atom is -0.493 e. The molecule has 2 rings (SSSR count). The van der Waals surface area contributed by atoms with Crippen LogP contribution in [0.25, 0.3) is 0 Å². The number of aromatic nitrogens is 1. The van der Waals surface area contributed by atoms with Crippen LogP contribution in [0.5, 0.6) is 11.5 Å². The summed E-state index contributed by atoms with van der Waals surface area (Å²) in [6.07, 6.45) is 1.70. The van der Waals surface area contributed by atoms with E-state index in [1.54, 1.807) is 20.4 Å². The highest BCUT2D eigenvalue weighted by Crippen LogP contribution is 2.27. The monoisotopic (exact) mass is 315 g/mol. The van der Waals surface area contributed by atoms with Gasteiger partial charge in [-0.25, -0.2) is 4.79 Å². The molecule has 0 fully saturated rings. The summed E-state index contributed by atoms with van der Waals surface area (Å²) in [5, 5.41) is 5.66. The van der Waals surface area contributed by atoms with Gasteiger partial charge in [0.05, 0.1) is 26.0 Å². The van der Waals surface area contributed by atoms with Crippen LogP contribution in [0.2, 0.25) is 0 Å². The lowest BCUT2D eigenvalue weighted by Gasteiger charge is -2.14. The van der Waals surface area contributed by atoms with Gasteiger partial charge in [0.2, 0.25) is 0 Å². The molecule has 6 heteroatoms. The quantitative estimate of drug-likeness (QED) is 0.859. The van der Waals surface area contributed by atoms with Crippen LogP contribution in [0.3, 0.4) is 0 Å². The van der Waals surface area contributed by atoms with Crippen LogP contribution in [-0.2, 0) is 6.54 Å². The van der Waals surface area contributed by atoms with E-state index >= 15 is 0 Å². The number of methoxy groups -OCH3 is 2. The molecular formula is C17H21N3O3. The highest BCUT2D eigenvalue weighted by atomic mass is 16.5. The molecule has 2 N–H and O–H groups in total. The Labute approximate surface area is 135 Å². The van der Waals surface area contributed by atoms with Crippen LogP contribution in [0.4, 0.5) is 4.79 Å². The normalized spacial score (nSPS) is 11.4. The average molecular weight is 315 g/mol. The Kier molecular flexibility index (Phi) is 5.80. The number of amides is 2. The highest BCUT2D eigenvalue weighted by Gasteiger charge is 2.10. The number of pyridine rings is 1. The van der Waals surface area contributed by atoms with Crippen molar-refractivity contribution in [2.75, 3.05) is 14.2 Å². The Hall–Kier alpha value is -2.76. The Bertz CT molecular complexity index is 647. The summed E-state index contributed by atoms with van der Waals surface area (Å²) < 4.78 is 10.4. The van der Waals surface area contributed by atoms with E-state index in [1.807, 2.05) is 43.3 Å². The van der Waals surface area contributed by atoms with Crippen molar-refractivity contribution in [3.63, 3.8) is 0 Å². The van der Waals surface area contributed by atoms with Crippen LogP contribution < -0.4 is 20.1 Å². The maximum absolute atomic E-state index is 12.0. The van der Waals surface area contributed by atoms with Gasteiger partial charge in [0.1, 0.15) is 0 Å². The molecule has 0 spiro atoms. The zero-order valence-corrected chi connectivity index (χ0v) is 13.5. The van der Waals surface area contributed by atoms with Gasteiger partial charge in [0.15, 0.2) is 11.5 Å². The number of nitrogens with zero attached hydrogens (tertiary/aromatic N) is 1. The van der Waals surface area contributed by atoms with Crippen molar-refractivity contribution < 1.29 is 14.3 Å². The molecule has 2 amide bonds. The molecule has 0 saturated carbocycles. The van der Waals surface area contributed by atoms with Crippen molar-refractivity contribution in [1.82, 2.24) is 15.6 Å². The van der Waals surface area contributed by atoms with Crippen molar-refractivity contribution in [3.05, 3.63) is 53.9 Å². The van der Waals surface area contributed by atoms with Crippen LogP contribution in [0.1, 0.15) is 24.2 Å². The molecule has 1 aromatic carbocycles. The largest absolute Gasteiger partial charge is 0.493 e. The Morgan fingerprint density at radius 3 is 2.61 bits per heavy atom. The van der Waals surface area contributed by atoms with Gasteiger partial charge in [-0.05, 0) is 36.8 Å². The van der Waals surface area contributed by atoms with E-state index in [2.05, 4.69) is 15.6 Å². The van der Waals surface area contributed by atoms with E-state index in [-0.39, 0.29) is 12.1 Å². The second kappa shape index (κ2) is 8.03. The molecule has 1 heterocycles. The number of benzene rings is 1. The average Bonchev–Trinajstić information content (AvgIpc) is 2.60. The first-order chi connectivity index (χ1) is 11.1. The number of carbonyl (C=O) groups excluding carboxylic acids is 1. The van der Waals surface area contributed by atoms with Gasteiger partial charge in [-0.15, -0.1) is 0 Å². The summed E-state index contributed by atoms with van der Waals surface area (Å²) in [5.41, 5.74) is 1.73. The number of carbonyl (C=O) groups is 1. The van der Waals surface area contributed by atoms with Gasteiger partial charge in [0.25, 0.3) is 0 Å². The third-order valence-electron chi connectivity index (χ3n) is 3.38. The fraction of sp³-hybridized carbons (Fsp3) is 0.294. The highest BCUT2D eigenvalue weighted by molar-refractivity contribution is 5.74. The number of hydrogen-bond donors (Lipinski definition) is 2. The van der Waals surface area contributed by atoms with Crippen LogP contribution in [0, 0.1) is 0 Å². The summed E-state index contributed by atoms with van der Waals surface area (Å²) in [6, 6.07) is 10.7. The first-order valence-corrected chi connectivity index (χ1v) is 7.30. The first-order valence-electron chi connectivity index (χ1n) is 7.30. The van der Waals surface area contributed by atoms with Gasteiger partial charge in [-0.2, -0.15) is 0 Å². The van der Waals surface area contributed by atoms with Gasteiger partial charge in [0, 0.05) is 12.7 Å². The molecule has 0 saturated heterocycles. The molecule has 0 aliphatic heterocycles. The first kappa shape index (κ1) is 16.6. The Balaban J connectivity index is 1.89. The number of hydrogen-bond acceptors (Lipinski definition) is 4. The molecule has 0 unspecified atom stereocenters. The number of ether oxygens (including phenoxy) is 2. The second-order valence-electron chi connectivity index (χ2n) is 4.99. The summed E-state index contributed by atoms with van der Waals surface area (Å²) in [5.74, 6) is 1.29. The summed E-state index contributed by atoms with van der Waals surface area (Å²) in [7, 11) is 3.17. The van der Waals surface area contributed by atoms with Crippen LogP contribution in [-0.4, -0.2) is 25.2 Å². The zero-order chi connectivity index (χ0) is 16.7. The van der Waals surface area contributed by atoms with Gasteiger partial charge >= 0.3 is 6.03 Å². The van der Waals surface area contributed by atoms with Crippen LogP contribution in [0.15, 0.2) is 42.6 Å². The van der Waals surface area contributed by atoms with Crippen molar-refractivity contribution in [3.8, 4) is 11.5 Å². The molecule has 23 heavy (non-hydrogen) atoms. The van der Waals surface area contributed by atoms with Gasteiger partial charge in [-0.3, -0.25) is 4.98 Å². The van der Waals surface area contributed by atoms with Crippen molar-refractivity contribution in [1.29, 1.82) is 0 Å². The van der Waals surface area contributed by atoms with E-state index < -0.39 is 0 Å². The molecule has 1 atom stereocenters. The number of rotatable bonds is 6. The lowest BCUT2D eigenvalue weighted by atomic mass is 10.2. The fourth-order valence-corrected chi connectivity index (χ4v) is 2.13. The predicted molar refractivity (Wildman–Crippen MR) is 87.6 cm³/mol. The van der Waals surface area contributed by atoms with Gasteiger partial charge < -0.3 is 20.1 Å². The Morgan fingerprint density at radius 2 is 1.96 bits per heavy atom. The predicted octanol–water partition coefficient (Wildman–Crippen LogP) is 2.66. The van der Waals surface area contributed by atoms with E-state index in [9.17, 15) is 4.79 Å². The molecule has 0 aliphatic carbocycles. The van der Waals surface area contributed by atoms with Crippen molar-refractivity contribution >= 4 is 6.03 Å². The third kappa shape index (κ3) is 4.60. The molecule has 0 radical (unpaired) electrons. The van der Waals surface area contributed by atoms with E-state index in [0.717, 1.165) is 11.3 Å². The molecule has 2 aromatic rings. The zero-order valence-electron chi connectivity index (χ0n) is 13.5. The van der Waals surface area contributed by atoms with Crippen LogP contribution >= 0.6 is 0 Å². The number of urea groups is 1. The summed E-state index contributed by atoms with van der Waals surface area (Å²) in [6.45, 7) is 2.28. The third-order valence-corrected chi connectivity index (χ3v) is 3.38. The minimum atomic E-state index is -0.252. The smallest absolute Gasteiger partial charge is 0.315 e. The van der Waals surface area contributed by atoms with E-state index in [1.165, 1.54) is 0 Å². The molecule has 6 nitrogen and oxygen atoms in total. The maximum atomic E-state index is 12.0. The summed E-state index contributed by atoms with van der Waals surface area (Å²) in [4.78, 5) is 16.2. The Morgan fingerprint density at radius 1 is 1.17 bits per heavy atom. The van der Waals surface area contributed by atoms with Crippen molar-refractivity contribution in [2.24, 2.45) is 0 Å². The number of nitrogens with one attached hydrogen (secondary N) is 2.